The van der Waals surface area contributed by atoms with Crippen LogP contribution in [0.2, 0.25) is 5.02 Å². The Morgan fingerprint density at radius 2 is 1.89 bits per heavy atom. The smallest absolute Gasteiger partial charge is 0.339 e. The molecule has 0 N–H and O–H groups in total. The van der Waals surface area contributed by atoms with Crippen LogP contribution in [0.5, 0.6) is 11.5 Å². The van der Waals surface area contributed by atoms with Crippen LogP contribution in [0.3, 0.4) is 0 Å². The first kappa shape index (κ1) is 20.3. The van der Waals surface area contributed by atoms with Gasteiger partial charge in [0.05, 0.1) is 24.8 Å². The Labute approximate surface area is 161 Å². The molecule has 0 saturated carbocycles. The maximum Gasteiger partial charge on any atom is 0.339 e. The van der Waals surface area contributed by atoms with Crippen molar-refractivity contribution < 1.29 is 26.9 Å². The number of halogens is 1. The molecule has 0 aliphatic carbocycles. The van der Waals surface area contributed by atoms with E-state index in [2.05, 4.69) is 4.74 Å². The Kier molecular flexibility index (Phi) is 6.45. The lowest BCUT2D eigenvalue weighted by Crippen LogP contribution is -2.10. The molecule has 0 amide bonds. The molecule has 0 aliphatic rings. The summed E-state index contributed by atoms with van der Waals surface area (Å²) in [7, 11) is -1.62. The van der Waals surface area contributed by atoms with Crippen LogP contribution in [0, 0.1) is 11.3 Å². The number of ether oxygens (including phenoxy) is 2. The predicted molar refractivity (Wildman–Crippen MR) is 98.0 cm³/mol. The molecule has 0 spiro atoms. The molecule has 9 heteroatoms. The van der Waals surface area contributed by atoms with Crippen molar-refractivity contribution in [2.45, 2.75) is 4.90 Å². The largest absolute Gasteiger partial charge is 0.493 e. The number of carbonyl (C=O) groups is 1. The molecule has 140 valence electrons. The molecule has 0 aromatic heterocycles. The SMILES string of the molecule is COC(=O)C=Cc1ccc(OS(=O)(=O)c2ccc(Cl)c(C#N)c2)c(OC)c1. The summed E-state index contributed by atoms with van der Waals surface area (Å²) in [6.07, 6.45) is 2.69. The van der Waals surface area contributed by atoms with Gasteiger partial charge in [-0.25, -0.2) is 4.79 Å². The summed E-state index contributed by atoms with van der Waals surface area (Å²) in [5.41, 5.74) is 0.580. The number of benzene rings is 2. The second-order valence-corrected chi connectivity index (χ2v) is 7.01. The van der Waals surface area contributed by atoms with Crippen molar-refractivity contribution in [3.8, 4) is 17.6 Å². The minimum Gasteiger partial charge on any atom is -0.493 e. The van der Waals surface area contributed by atoms with Crippen LogP contribution in [0.1, 0.15) is 11.1 Å². The number of nitriles is 1. The Morgan fingerprint density at radius 3 is 2.52 bits per heavy atom. The fourth-order valence-corrected chi connectivity index (χ4v) is 3.13. The fraction of sp³-hybridized carbons (Fsp3) is 0.111. The van der Waals surface area contributed by atoms with Crippen molar-refractivity contribution in [2.75, 3.05) is 14.2 Å². The molecule has 0 heterocycles. The van der Waals surface area contributed by atoms with Gasteiger partial charge < -0.3 is 13.7 Å². The zero-order chi connectivity index (χ0) is 20.0. The van der Waals surface area contributed by atoms with Gasteiger partial charge in [0, 0.05) is 6.08 Å². The van der Waals surface area contributed by atoms with E-state index in [-0.39, 0.29) is 27.0 Å². The van der Waals surface area contributed by atoms with Gasteiger partial charge in [-0.2, -0.15) is 13.7 Å². The number of methoxy groups -OCH3 is 2. The first-order valence-corrected chi connectivity index (χ1v) is 9.17. The van der Waals surface area contributed by atoms with Crippen molar-refractivity contribution in [1.82, 2.24) is 0 Å². The van der Waals surface area contributed by atoms with E-state index in [4.69, 9.17) is 25.8 Å². The summed E-state index contributed by atoms with van der Waals surface area (Å²) >= 11 is 5.82. The summed E-state index contributed by atoms with van der Waals surface area (Å²) in [5, 5.41) is 9.12. The lowest BCUT2D eigenvalue weighted by Gasteiger charge is -2.11. The van der Waals surface area contributed by atoms with E-state index in [1.165, 1.54) is 56.7 Å². The molecular formula is C18H14ClNO6S. The van der Waals surface area contributed by atoms with Crippen LogP contribution in [-0.2, 0) is 19.6 Å². The molecule has 0 aliphatic heterocycles. The molecular weight excluding hydrogens is 394 g/mol. The topological polar surface area (TPSA) is 103 Å². The van der Waals surface area contributed by atoms with E-state index in [0.717, 1.165) is 6.07 Å². The number of nitrogens with zero attached hydrogens (tertiary/aromatic N) is 1. The van der Waals surface area contributed by atoms with Gasteiger partial charge in [0.2, 0.25) is 0 Å². The highest BCUT2D eigenvalue weighted by Gasteiger charge is 2.20. The Bertz CT molecular complexity index is 1040. The van der Waals surface area contributed by atoms with E-state index < -0.39 is 16.1 Å². The highest BCUT2D eigenvalue weighted by Crippen LogP contribution is 2.31. The third-order valence-corrected chi connectivity index (χ3v) is 4.91. The van der Waals surface area contributed by atoms with Crippen molar-refractivity contribution in [3.05, 3.63) is 58.6 Å². The summed E-state index contributed by atoms with van der Waals surface area (Å²) in [6, 6.07) is 9.88. The normalized spacial score (nSPS) is 11.0. The Balaban J connectivity index is 2.34. The van der Waals surface area contributed by atoms with Crippen molar-refractivity contribution in [2.24, 2.45) is 0 Å². The van der Waals surface area contributed by atoms with Gasteiger partial charge in [0.15, 0.2) is 11.5 Å². The monoisotopic (exact) mass is 407 g/mol. The van der Waals surface area contributed by atoms with Crippen LogP contribution >= 0.6 is 11.6 Å². The number of hydrogen-bond acceptors (Lipinski definition) is 7. The second-order valence-electron chi connectivity index (χ2n) is 5.06. The number of carbonyl (C=O) groups excluding carboxylic acids is 1. The minimum atomic E-state index is -4.22. The number of rotatable bonds is 6. The van der Waals surface area contributed by atoms with E-state index in [1.807, 2.05) is 6.07 Å². The standard InChI is InChI=1S/C18H14ClNO6S/c1-24-17-9-12(4-8-18(21)25-2)3-7-16(17)26-27(22,23)14-5-6-15(19)13(10-14)11-20/h3-10H,1-2H3. The fourth-order valence-electron chi connectivity index (χ4n) is 2.00. The zero-order valence-electron chi connectivity index (χ0n) is 14.3. The lowest BCUT2D eigenvalue weighted by atomic mass is 10.2. The molecule has 0 saturated heterocycles. The van der Waals surface area contributed by atoms with Crippen LogP contribution in [0.15, 0.2) is 47.4 Å². The predicted octanol–water partition coefficient (Wildman–Crippen LogP) is 3.17. The highest BCUT2D eigenvalue weighted by atomic mass is 35.5. The maximum atomic E-state index is 12.5. The van der Waals surface area contributed by atoms with Crippen LogP contribution in [0.4, 0.5) is 0 Å². The second kappa shape index (κ2) is 8.58. The van der Waals surface area contributed by atoms with Crippen LogP contribution in [-0.4, -0.2) is 28.6 Å². The van der Waals surface area contributed by atoms with Crippen molar-refractivity contribution in [3.63, 3.8) is 0 Å². The van der Waals surface area contributed by atoms with Gasteiger partial charge >= 0.3 is 16.1 Å². The molecule has 2 aromatic carbocycles. The van der Waals surface area contributed by atoms with E-state index >= 15 is 0 Å². The lowest BCUT2D eigenvalue weighted by molar-refractivity contribution is -0.134. The molecule has 2 aromatic rings. The van der Waals surface area contributed by atoms with E-state index in [0.29, 0.717) is 5.56 Å². The molecule has 0 fully saturated rings. The van der Waals surface area contributed by atoms with Gasteiger partial charge in [0.25, 0.3) is 0 Å². The van der Waals surface area contributed by atoms with E-state index in [1.54, 1.807) is 0 Å². The van der Waals surface area contributed by atoms with Gasteiger partial charge in [-0.05, 0) is 42.0 Å². The quantitative estimate of drug-likeness (QED) is 0.411. The molecule has 0 radical (unpaired) electrons. The average Bonchev–Trinajstić information content (AvgIpc) is 2.66. The van der Waals surface area contributed by atoms with Gasteiger partial charge in [-0.1, -0.05) is 17.7 Å². The number of hydrogen-bond donors (Lipinski definition) is 0. The van der Waals surface area contributed by atoms with Gasteiger partial charge in [-0.3, -0.25) is 0 Å². The van der Waals surface area contributed by atoms with Gasteiger partial charge in [-0.15, -0.1) is 0 Å². The maximum absolute atomic E-state index is 12.5. The molecule has 2 rings (SSSR count). The third kappa shape index (κ3) is 5.00. The first-order valence-electron chi connectivity index (χ1n) is 7.39. The molecule has 0 atom stereocenters. The van der Waals surface area contributed by atoms with Gasteiger partial charge in [0.1, 0.15) is 11.0 Å². The Morgan fingerprint density at radius 1 is 1.15 bits per heavy atom. The highest BCUT2D eigenvalue weighted by molar-refractivity contribution is 7.87. The van der Waals surface area contributed by atoms with Crippen molar-refractivity contribution >= 4 is 33.8 Å². The Hall–Kier alpha value is -3.02. The summed E-state index contributed by atoms with van der Waals surface area (Å²) in [5.74, 6) is -0.450. The molecule has 27 heavy (non-hydrogen) atoms. The van der Waals surface area contributed by atoms with Crippen LogP contribution in [0.25, 0.3) is 6.08 Å². The summed E-state index contributed by atoms with van der Waals surface area (Å²) in [6.45, 7) is 0. The first-order chi connectivity index (χ1) is 12.8. The summed E-state index contributed by atoms with van der Waals surface area (Å²) < 4.78 is 39.7. The zero-order valence-corrected chi connectivity index (χ0v) is 15.9. The molecule has 0 bridgehead atoms. The summed E-state index contributed by atoms with van der Waals surface area (Å²) in [4.78, 5) is 10.9. The average molecular weight is 408 g/mol. The third-order valence-electron chi connectivity index (χ3n) is 3.35. The van der Waals surface area contributed by atoms with Crippen molar-refractivity contribution in [1.29, 1.82) is 5.26 Å². The van der Waals surface area contributed by atoms with E-state index in [9.17, 15) is 13.2 Å². The minimum absolute atomic E-state index is 0.0107. The number of esters is 1. The molecule has 0 unspecified atom stereocenters. The van der Waals surface area contributed by atoms with Crippen LogP contribution < -0.4 is 8.92 Å². The molecule has 7 nitrogen and oxygen atoms in total.